The zero-order valence-corrected chi connectivity index (χ0v) is 15.7. The second kappa shape index (κ2) is 7.38. The van der Waals surface area contributed by atoms with Gasteiger partial charge in [0.15, 0.2) is 0 Å². The Hall–Kier alpha value is -3.68. The number of rotatable bonds is 4. The van der Waals surface area contributed by atoms with E-state index < -0.39 is 23.6 Å². The van der Waals surface area contributed by atoms with Crippen LogP contribution in [0.15, 0.2) is 55.1 Å². The first-order valence-electron chi connectivity index (χ1n) is 8.94. The molecule has 4 rings (SSSR count). The fourth-order valence-corrected chi connectivity index (χ4v) is 3.09. The number of amides is 1. The Balaban J connectivity index is 1.59. The first-order chi connectivity index (χ1) is 13.9. The third-order valence-corrected chi connectivity index (χ3v) is 4.56. The maximum atomic E-state index is 14.6. The summed E-state index contributed by atoms with van der Waals surface area (Å²) in [5.74, 6) is -1.57. The van der Waals surface area contributed by atoms with Crippen molar-refractivity contribution in [2.75, 3.05) is 0 Å². The van der Waals surface area contributed by atoms with Crippen molar-refractivity contribution in [3.63, 3.8) is 0 Å². The highest BCUT2D eigenvalue weighted by Crippen LogP contribution is 2.22. The van der Waals surface area contributed by atoms with E-state index in [0.29, 0.717) is 16.8 Å². The van der Waals surface area contributed by atoms with E-state index in [4.69, 9.17) is 0 Å². The molecule has 2 heterocycles. The normalized spacial score (nSPS) is 12.1. The largest absolute Gasteiger partial charge is 0.345 e. The maximum Gasteiger partial charge on any atom is 0.254 e. The van der Waals surface area contributed by atoms with E-state index in [1.807, 2.05) is 6.92 Å². The molecule has 1 atom stereocenters. The monoisotopic (exact) mass is 393 g/mol. The fraction of sp³-hybridized carbons (Fsp3) is 0.143. The number of halogens is 2. The van der Waals surface area contributed by atoms with Crippen LogP contribution in [0.4, 0.5) is 8.78 Å². The van der Waals surface area contributed by atoms with Gasteiger partial charge in [-0.25, -0.2) is 13.5 Å². The molecule has 0 unspecified atom stereocenters. The minimum absolute atomic E-state index is 0.0732. The summed E-state index contributed by atoms with van der Waals surface area (Å²) in [6, 6.07) is 6.48. The summed E-state index contributed by atoms with van der Waals surface area (Å²) in [5, 5.41) is 6.87. The maximum absolute atomic E-state index is 14.6. The number of fused-ring (bicyclic) bond motifs is 1. The Morgan fingerprint density at radius 2 is 1.93 bits per heavy atom. The summed E-state index contributed by atoms with van der Waals surface area (Å²) in [7, 11) is 0. The van der Waals surface area contributed by atoms with Gasteiger partial charge in [0.05, 0.1) is 23.3 Å². The second-order valence-electron chi connectivity index (χ2n) is 6.75. The van der Waals surface area contributed by atoms with Crippen LogP contribution in [0.2, 0.25) is 0 Å². The number of nitrogens with zero attached hydrogens (tertiary/aromatic N) is 4. The Labute approximate surface area is 165 Å². The van der Waals surface area contributed by atoms with Crippen LogP contribution < -0.4 is 5.32 Å². The Bertz CT molecular complexity index is 1220. The fourth-order valence-electron chi connectivity index (χ4n) is 3.09. The Morgan fingerprint density at radius 3 is 2.66 bits per heavy atom. The lowest BCUT2D eigenvalue weighted by molar-refractivity contribution is 0.0941. The van der Waals surface area contributed by atoms with Gasteiger partial charge in [-0.2, -0.15) is 5.10 Å². The van der Waals surface area contributed by atoms with Crippen LogP contribution in [0.25, 0.3) is 16.7 Å². The van der Waals surface area contributed by atoms with Crippen molar-refractivity contribution in [2.24, 2.45) is 0 Å². The van der Waals surface area contributed by atoms with E-state index in [1.54, 1.807) is 31.5 Å². The lowest BCUT2D eigenvalue weighted by Crippen LogP contribution is -2.27. The lowest BCUT2D eigenvalue weighted by atomic mass is 10.1. The predicted molar refractivity (Wildman–Crippen MR) is 104 cm³/mol. The van der Waals surface area contributed by atoms with Crippen LogP contribution in [0.3, 0.4) is 0 Å². The van der Waals surface area contributed by atoms with Gasteiger partial charge in [0.1, 0.15) is 22.8 Å². The number of nitrogens with one attached hydrogen (secondary N) is 1. The van der Waals surface area contributed by atoms with Crippen molar-refractivity contribution in [3.8, 4) is 5.69 Å². The summed E-state index contributed by atoms with van der Waals surface area (Å²) in [6.45, 7) is 3.59. The molecule has 0 fully saturated rings. The molecule has 0 saturated heterocycles. The molecule has 1 N–H and O–H groups in total. The number of hydrogen-bond acceptors (Lipinski definition) is 4. The van der Waals surface area contributed by atoms with Gasteiger partial charge >= 0.3 is 0 Å². The highest BCUT2D eigenvalue weighted by molar-refractivity contribution is 6.04. The molecule has 1 amide bonds. The third kappa shape index (κ3) is 3.69. The van der Waals surface area contributed by atoms with Crippen molar-refractivity contribution >= 4 is 16.9 Å². The van der Waals surface area contributed by atoms with Gasteiger partial charge in [-0.1, -0.05) is 6.07 Å². The van der Waals surface area contributed by atoms with Crippen LogP contribution in [-0.4, -0.2) is 25.7 Å². The molecule has 0 aliphatic carbocycles. The van der Waals surface area contributed by atoms with Gasteiger partial charge in [-0.3, -0.25) is 14.8 Å². The molecule has 0 spiro atoms. The first kappa shape index (κ1) is 18.7. The van der Waals surface area contributed by atoms with Crippen molar-refractivity contribution in [1.29, 1.82) is 0 Å². The molecule has 6 nitrogen and oxygen atoms in total. The molecule has 2 aromatic carbocycles. The molecule has 8 heteroatoms. The topological polar surface area (TPSA) is 72.7 Å². The minimum atomic E-state index is -0.583. The van der Waals surface area contributed by atoms with Crippen LogP contribution in [0, 0.1) is 18.6 Å². The molecular weight excluding hydrogens is 376 g/mol. The molecule has 4 aromatic rings. The molecule has 2 aromatic heterocycles. The van der Waals surface area contributed by atoms with Crippen molar-refractivity contribution in [3.05, 3.63) is 83.4 Å². The average molecular weight is 393 g/mol. The molecule has 0 saturated carbocycles. The number of benzene rings is 2. The number of carbonyl (C=O) groups is 1. The van der Waals surface area contributed by atoms with E-state index in [9.17, 15) is 13.6 Å². The smallest absolute Gasteiger partial charge is 0.254 e. The summed E-state index contributed by atoms with van der Waals surface area (Å²) in [6.07, 6.45) is 6.23. The molecule has 0 aliphatic rings. The number of carbonyl (C=O) groups excluding carboxylic acids is 1. The van der Waals surface area contributed by atoms with Gasteiger partial charge < -0.3 is 5.32 Å². The van der Waals surface area contributed by atoms with E-state index in [2.05, 4.69) is 20.4 Å². The first-order valence-corrected chi connectivity index (χ1v) is 8.94. The van der Waals surface area contributed by atoms with Crippen LogP contribution >= 0.6 is 0 Å². The number of hydrogen-bond donors (Lipinski definition) is 1. The van der Waals surface area contributed by atoms with Crippen LogP contribution in [0.5, 0.6) is 0 Å². The van der Waals surface area contributed by atoms with Crippen LogP contribution in [-0.2, 0) is 0 Å². The van der Waals surface area contributed by atoms with Crippen molar-refractivity contribution in [2.45, 2.75) is 19.9 Å². The molecule has 0 radical (unpaired) electrons. The predicted octanol–water partition coefficient (Wildman–Crippen LogP) is 3.89. The van der Waals surface area contributed by atoms with E-state index in [0.717, 1.165) is 11.6 Å². The van der Waals surface area contributed by atoms with E-state index in [1.165, 1.54) is 29.2 Å². The van der Waals surface area contributed by atoms with Crippen molar-refractivity contribution in [1.82, 2.24) is 25.1 Å². The van der Waals surface area contributed by atoms with Gasteiger partial charge in [0.25, 0.3) is 5.91 Å². The number of aryl methyl sites for hydroxylation is 1. The van der Waals surface area contributed by atoms with Gasteiger partial charge in [-0.05, 0) is 43.2 Å². The Morgan fingerprint density at radius 1 is 1.14 bits per heavy atom. The zero-order valence-electron chi connectivity index (χ0n) is 15.7. The summed E-state index contributed by atoms with van der Waals surface area (Å²) >= 11 is 0. The Kier molecular flexibility index (Phi) is 4.75. The third-order valence-electron chi connectivity index (χ3n) is 4.56. The number of aromatic nitrogens is 4. The van der Waals surface area contributed by atoms with E-state index in [-0.39, 0.29) is 11.1 Å². The van der Waals surface area contributed by atoms with E-state index >= 15 is 0 Å². The zero-order chi connectivity index (χ0) is 20.5. The molecule has 146 valence electrons. The van der Waals surface area contributed by atoms with Gasteiger partial charge in [0, 0.05) is 24.7 Å². The van der Waals surface area contributed by atoms with Gasteiger partial charge in [0.2, 0.25) is 0 Å². The van der Waals surface area contributed by atoms with Gasteiger partial charge in [-0.15, -0.1) is 0 Å². The second-order valence-corrected chi connectivity index (χ2v) is 6.75. The standard InChI is InChI=1S/C21H17F2N5O/c1-12-10-26-28(11-12)19-4-3-14(7-17(19)23)13(2)27-21(29)16-8-15(22)9-18-20(16)25-6-5-24-18/h3-11,13H,1-2H3,(H,27,29)/t13-/m0/s1. The molecule has 0 aliphatic heterocycles. The lowest BCUT2D eigenvalue weighted by Gasteiger charge is -2.16. The SMILES string of the molecule is Cc1cnn(-c2ccc([C@H](C)NC(=O)c3cc(F)cc4nccnc34)cc2F)c1. The van der Waals surface area contributed by atoms with Crippen molar-refractivity contribution < 1.29 is 13.6 Å². The minimum Gasteiger partial charge on any atom is -0.345 e. The molecular formula is C21H17F2N5O. The molecule has 0 bridgehead atoms. The summed E-state index contributed by atoms with van der Waals surface area (Å²) < 4.78 is 29.9. The quantitative estimate of drug-likeness (QED) is 0.571. The highest BCUT2D eigenvalue weighted by atomic mass is 19.1. The average Bonchev–Trinajstić information content (AvgIpc) is 3.13. The van der Waals surface area contributed by atoms with Crippen LogP contribution in [0.1, 0.15) is 34.5 Å². The molecule has 29 heavy (non-hydrogen) atoms. The summed E-state index contributed by atoms with van der Waals surface area (Å²) in [5.41, 5.74) is 2.45. The highest BCUT2D eigenvalue weighted by Gasteiger charge is 2.18. The summed E-state index contributed by atoms with van der Waals surface area (Å²) in [4.78, 5) is 20.9.